The fourth-order valence-corrected chi connectivity index (χ4v) is 2.51. The van der Waals surface area contributed by atoms with Crippen LogP contribution in [-0.4, -0.2) is 22.9 Å². The number of halogens is 1. The number of carbonyl (C=O) groups excluding carboxylic acids is 1. The van der Waals surface area contributed by atoms with Gasteiger partial charge in [-0.1, -0.05) is 23.7 Å². The van der Waals surface area contributed by atoms with E-state index in [0.29, 0.717) is 33.6 Å². The Balaban J connectivity index is 1.52. The zero-order valence-corrected chi connectivity index (χ0v) is 13.1. The molecule has 6 nitrogen and oxygen atoms in total. The molecular weight excluding hydrogens is 330 g/mol. The Labute approximate surface area is 142 Å². The van der Waals surface area contributed by atoms with Gasteiger partial charge < -0.3 is 14.8 Å². The molecule has 0 saturated carbocycles. The lowest BCUT2D eigenvalue weighted by Gasteiger charge is -2.04. The highest BCUT2D eigenvalue weighted by Gasteiger charge is 2.16. The molecule has 0 aliphatic carbocycles. The lowest BCUT2D eigenvalue weighted by atomic mass is 10.1. The summed E-state index contributed by atoms with van der Waals surface area (Å²) in [7, 11) is 0. The van der Waals surface area contributed by atoms with E-state index in [1.165, 1.54) is 0 Å². The third-order valence-corrected chi connectivity index (χ3v) is 3.84. The molecule has 1 amide bonds. The Kier molecular flexibility index (Phi) is 3.59. The lowest BCUT2D eigenvalue weighted by molar-refractivity contribution is 0.102. The number of nitrogens with zero attached hydrogens (tertiary/aromatic N) is 1. The van der Waals surface area contributed by atoms with Crippen molar-refractivity contribution in [3.05, 3.63) is 59.2 Å². The second-order valence-corrected chi connectivity index (χ2v) is 5.63. The van der Waals surface area contributed by atoms with Crippen LogP contribution in [0.15, 0.2) is 48.5 Å². The predicted molar refractivity (Wildman–Crippen MR) is 89.6 cm³/mol. The zero-order chi connectivity index (χ0) is 16.5. The van der Waals surface area contributed by atoms with Gasteiger partial charge in [0.1, 0.15) is 5.69 Å². The van der Waals surface area contributed by atoms with Crippen LogP contribution in [0, 0.1) is 0 Å². The lowest BCUT2D eigenvalue weighted by Crippen LogP contribution is -2.12. The highest BCUT2D eigenvalue weighted by Crippen LogP contribution is 2.34. The molecule has 120 valence electrons. The quantitative estimate of drug-likeness (QED) is 0.761. The number of hydrogen-bond donors (Lipinski definition) is 2. The molecule has 7 heteroatoms. The molecule has 0 atom stereocenters. The fraction of sp³-hybridized carbons (Fsp3) is 0.0588. The number of fused-ring (bicyclic) bond motifs is 1. The molecule has 0 saturated heterocycles. The van der Waals surface area contributed by atoms with Crippen LogP contribution in [0.25, 0.3) is 11.3 Å². The van der Waals surface area contributed by atoms with E-state index in [9.17, 15) is 4.79 Å². The molecule has 24 heavy (non-hydrogen) atoms. The van der Waals surface area contributed by atoms with E-state index < -0.39 is 0 Å². The number of rotatable bonds is 3. The Morgan fingerprint density at radius 2 is 1.88 bits per heavy atom. The highest BCUT2D eigenvalue weighted by atomic mass is 35.5. The average molecular weight is 342 g/mol. The summed E-state index contributed by atoms with van der Waals surface area (Å²) >= 11 is 5.87. The Hall–Kier alpha value is -2.99. The molecule has 0 unspecified atom stereocenters. The minimum atomic E-state index is -0.290. The second-order valence-electron chi connectivity index (χ2n) is 5.20. The molecule has 2 heterocycles. The van der Waals surface area contributed by atoms with Crippen LogP contribution in [0.5, 0.6) is 11.5 Å². The van der Waals surface area contributed by atoms with E-state index in [1.807, 2.05) is 12.1 Å². The van der Waals surface area contributed by atoms with E-state index in [0.717, 1.165) is 5.56 Å². The zero-order valence-electron chi connectivity index (χ0n) is 12.4. The number of hydrogen-bond acceptors (Lipinski definition) is 4. The molecule has 1 aromatic heterocycles. The summed E-state index contributed by atoms with van der Waals surface area (Å²) in [5, 5.41) is 10.3. The molecule has 0 spiro atoms. The molecule has 2 N–H and O–H groups in total. The third-order valence-electron chi connectivity index (χ3n) is 3.59. The minimum absolute atomic E-state index is 0.192. The number of amides is 1. The number of ether oxygens (including phenoxy) is 2. The summed E-state index contributed by atoms with van der Waals surface area (Å²) in [6, 6.07) is 14.2. The van der Waals surface area contributed by atoms with Crippen molar-refractivity contribution in [1.29, 1.82) is 0 Å². The van der Waals surface area contributed by atoms with E-state index in [-0.39, 0.29) is 12.7 Å². The van der Waals surface area contributed by atoms with Crippen LogP contribution in [0.3, 0.4) is 0 Å². The summed E-state index contributed by atoms with van der Waals surface area (Å²) in [5.74, 6) is 0.986. The molecule has 0 fully saturated rings. The molecule has 3 aromatic rings. The van der Waals surface area contributed by atoms with Gasteiger partial charge in [0.05, 0.1) is 5.69 Å². The SMILES string of the molecule is O=C(Nc1ccc2c(c1)OCO2)c1cc(-c2ccc(Cl)cc2)n[nH]1. The minimum Gasteiger partial charge on any atom is -0.454 e. The van der Waals surface area contributed by atoms with Crippen molar-refractivity contribution in [2.75, 3.05) is 12.1 Å². The van der Waals surface area contributed by atoms with Gasteiger partial charge in [-0.3, -0.25) is 9.89 Å². The maximum absolute atomic E-state index is 12.3. The number of aromatic amines is 1. The number of nitrogens with one attached hydrogen (secondary N) is 2. The summed E-state index contributed by atoms with van der Waals surface area (Å²) in [4.78, 5) is 12.3. The third kappa shape index (κ3) is 2.79. The summed E-state index contributed by atoms with van der Waals surface area (Å²) in [6.45, 7) is 0.192. The van der Waals surface area contributed by atoms with Crippen molar-refractivity contribution in [1.82, 2.24) is 10.2 Å². The van der Waals surface area contributed by atoms with Crippen molar-refractivity contribution in [2.45, 2.75) is 0 Å². The van der Waals surface area contributed by atoms with Gasteiger partial charge in [-0.25, -0.2) is 0 Å². The first-order chi connectivity index (χ1) is 11.7. The number of H-pyrrole nitrogens is 1. The smallest absolute Gasteiger partial charge is 0.273 e. The Morgan fingerprint density at radius 3 is 2.71 bits per heavy atom. The number of aromatic nitrogens is 2. The van der Waals surface area contributed by atoms with Crippen LogP contribution >= 0.6 is 11.6 Å². The largest absolute Gasteiger partial charge is 0.454 e. The first kappa shape index (κ1) is 14.6. The van der Waals surface area contributed by atoms with E-state index in [1.54, 1.807) is 36.4 Å². The second kappa shape index (κ2) is 5.90. The monoisotopic (exact) mass is 341 g/mol. The molecule has 4 rings (SSSR count). The normalized spacial score (nSPS) is 12.2. The van der Waals surface area contributed by atoms with E-state index >= 15 is 0 Å². The number of benzene rings is 2. The van der Waals surface area contributed by atoms with Gasteiger partial charge in [0.15, 0.2) is 11.5 Å². The predicted octanol–water partition coefficient (Wildman–Crippen LogP) is 3.71. The van der Waals surface area contributed by atoms with Gasteiger partial charge in [-0.2, -0.15) is 5.10 Å². The molecule has 1 aliphatic rings. The number of anilines is 1. The molecule has 1 aliphatic heterocycles. The van der Waals surface area contributed by atoms with Crippen molar-refractivity contribution >= 4 is 23.2 Å². The first-order valence-corrected chi connectivity index (χ1v) is 7.59. The fourth-order valence-electron chi connectivity index (χ4n) is 2.38. The van der Waals surface area contributed by atoms with E-state index in [2.05, 4.69) is 15.5 Å². The van der Waals surface area contributed by atoms with Crippen molar-refractivity contribution in [2.24, 2.45) is 0 Å². The molecular formula is C17H12ClN3O3. The first-order valence-electron chi connectivity index (χ1n) is 7.21. The number of carbonyl (C=O) groups is 1. The summed E-state index contributed by atoms with van der Waals surface area (Å²) < 4.78 is 10.5. The maximum atomic E-state index is 12.3. The average Bonchev–Trinajstić information content (AvgIpc) is 3.24. The van der Waals surface area contributed by atoms with Gasteiger partial charge in [0.25, 0.3) is 5.91 Å². The van der Waals surface area contributed by atoms with Crippen molar-refractivity contribution in [3.63, 3.8) is 0 Å². The van der Waals surface area contributed by atoms with Gasteiger partial charge in [0, 0.05) is 22.3 Å². The van der Waals surface area contributed by atoms with Crippen LogP contribution in [0.4, 0.5) is 5.69 Å². The van der Waals surface area contributed by atoms with Gasteiger partial charge in [-0.15, -0.1) is 0 Å². The molecule has 0 bridgehead atoms. The van der Waals surface area contributed by atoms with Crippen molar-refractivity contribution in [3.8, 4) is 22.8 Å². The van der Waals surface area contributed by atoms with E-state index in [4.69, 9.17) is 21.1 Å². The van der Waals surface area contributed by atoms with Crippen molar-refractivity contribution < 1.29 is 14.3 Å². The highest BCUT2D eigenvalue weighted by molar-refractivity contribution is 6.30. The van der Waals surface area contributed by atoms with Gasteiger partial charge in [0.2, 0.25) is 6.79 Å². The molecule has 2 aromatic carbocycles. The molecule has 0 radical (unpaired) electrons. The van der Waals surface area contributed by atoms with Gasteiger partial charge >= 0.3 is 0 Å². The van der Waals surface area contributed by atoms with Crippen LogP contribution in [0.1, 0.15) is 10.5 Å². The Morgan fingerprint density at radius 1 is 1.08 bits per heavy atom. The van der Waals surface area contributed by atoms with Crippen LogP contribution in [0.2, 0.25) is 5.02 Å². The maximum Gasteiger partial charge on any atom is 0.273 e. The van der Waals surface area contributed by atoms with Crippen LogP contribution < -0.4 is 14.8 Å². The summed E-state index contributed by atoms with van der Waals surface area (Å²) in [5.41, 5.74) is 2.52. The standard InChI is InChI=1S/C17H12ClN3O3/c18-11-3-1-10(2-4-11)13-8-14(21-20-13)17(22)19-12-5-6-15-16(7-12)24-9-23-15/h1-8H,9H2,(H,19,22)(H,20,21). The topological polar surface area (TPSA) is 76.2 Å². The Bertz CT molecular complexity index is 906. The summed E-state index contributed by atoms with van der Waals surface area (Å²) in [6.07, 6.45) is 0. The van der Waals surface area contributed by atoms with Crippen LogP contribution in [-0.2, 0) is 0 Å². The van der Waals surface area contributed by atoms with Gasteiger partial charge in [-0.05, 0) is 30.3 Å².